The molecule has 2 rings (SSSR count). The number of rotatable bonds is 2. The largest absolute Gasteiger partial charge is 0.355 e. The zero-order valence-electron chi connectivity index (χ0n) is 7.87. The minimum Gasteiger partial charge on any atom is -0.355 e. The maximum Gasteiger partial charge on any atom is 0.139 e. The Balaban J connectivity index is 2.29. The van der Waals surface area contributed by atoms with Crippen molar-refractivity contribution < 1.29 is 4.39 Å². The lowest BCUT2D eigenvalue weighted by molar-refractivity contribution is 0.622. The van der Waals surface area contributed by atoms with E-state index in [2.05, 4.69) is 21.2 Å². The van der Waals surface area contributed by atoms with E-state index in [1.807, 2.05) is 36.4 Å². The van der Waals surface area contributed by atoms with Gasteiger partial charge >= 0.3 is 0 Å². The highest BCUT2D eigenvalue weighted by atomic mass is 79.9. The molecule has 0 aromatic heterocycles. The van der Waals surface area contributed by atoms with E-state index in [0.29, 0.717) is 4.47 Å². The van der Waals surface area contributed by atoms with Gasteiger partial charge in [-0.15, -0.1) is 0 Å². The van der Waals surface area contributed by atoms with E-state index in [1.54, 1.807) is 6.07 Å². The van der Waals surface area contributed by atoms with Crippen molar-refractivity contribution in [2.45, 2.75) is 0 Å². The number of para-hydroxylation sites is 1. The molecule has 2 aromatic rings. The average molecular weight is 266 g/mol. The highest BCUT2D eigenvalue weighted by Crippen LogP contribution is 2.27. The van der Waals surface area contributed by atoms with Gasteiger partial charge in [-0.05, 0) is 40.2 Å². The number of hydrogen-bond acceptors (Lipinski definition) is 1. The van der Waals surface area contributed by atoms with Crippen LogP contribution in [-0.4, -0.2) is 0 Å². The first-order valence-corrected chi connectivity index (χ1v) is 5.33. The molecule has 76 valence electrons. The second kappa shape index (κ2) is 4.45. The van der Waals surface area contributed by atoms with Gasteiger partial charge in [0.25, 0.3) is 0 Å². The molecule has 0 unspecified atom stereocenters. The third kappa shape index (κ3) is 2.36. The van der Waals surface area contributed by atoms with Gasteiger partial charge in [-0.2, -0.15) is 0 Å². The summed E-state index contributed by atoms with van der Waals surface area (Å²) >= 11 is 3.20. The molecule has 1 N–H and O–H groups in total. The molecule has 15 heavy (non-hydrogen) atoms. The number of hydrogen-bond donors (Lipinski definition) is 1. The quantitative estimate of drug-likeness (QED) is 0.852. The standard InChI is InChI=1S/C12H9BrFN/c13-12-10(14)7-4-8-11(12)15-9-5-2-1-3-6-9/h1-8,15H. The van der Waals surface area contributed by atoms with Crippen LogP contribution in [0.2, 0.25) is 0 Å². The van der Waals surface area contributed by atoms with Gasteiger partial charge in [0.15, 0.2) is 0 Å². The van der Waals surface area contributed by atoms with Crippen LogP contribution >= 0.6 is 15.9 Å². The van der Waals surface area contributed by atoms with E-state index in [1.165, 1.54) is 6.07 Å². The fraction of sp³-hybridized carbons (Fsp3) is 0. The van der Waals surface area contributed by atoms with Gasteiger partial charge in [0.1, 0.15) is 5.82 Å². The van der Waals surface area contributed by atoms with Crippen molar-refractivity contribution in [2.75, 3.05) is 5.32 Å². The molecule has 1 nitrogen and oxygen atoms in total. The first-order chi connectivity index (χ1) is 7.27. The van der Waals surface area contributed by atoms with Crippen molar-refractivity contribution >= 4 is 27.3 Å². The molecule has 3 heteroatoms. The molecule has 0 aliphatic heterocycles. The van der Waals surface area contributed by atoms with Crippen LogP contribution in [0.3, 0.4) is 0 Å². The molecule has 0 aliphatic carbocycles. The molecule has 0 spiro atoms. The Morgan fingerprint density at radius 2 is 1.67 bits per heavy atom. The summed E-state index contributed by atoms with van der Waals surface area (Å²) in [6, 6.07) is 14.6. The monoisotopic (exact) mass is 265 g/mol. The Labute approximate surface area is 96.1 Å². The van der Waals surface area contributed by atoms with Crippen LogP contribution in [0, 0.1) is 5.82 Å². The predicted molar refractivity (Wildman–Crippen MR) is 63.8 cm³/mol. The van der Waals surface area contributed by atoms with Crippen molar-refractivity contribution in [3.05, 3.63) is 58.8 Å². The van der Waals surface area contributed by atoms with Crippen molar-refractivity contribution in [3.8, 4) is 0 Å². The summed E-state index contributed by atoms with van der Waals surface area (Å²) in [6.45, 7) is 0. The van der Waals surface area contributed by atoms with Crippen LogP contribution in [0.4, 0.5) is 15.8 Å². The highest BCUT2D eigenvalue weighted by molar-refractivity contribution is 9.10. The maximum absolute atomic E-state index is 13.2. The number of nitrogens with one attached hydrogen (secondary N) is 1. The van der Waals surface area contributed by atoms with E-state index < -0.39 is 0 Å². The Hall–Kier alpha value is -1.35. The lowest BCUT2D eigenvalue weighted by Gasteiger charge is -2.08. The third-order valence-electron chi connectivity index (χ3n) is 2.00. The number of anilines is 2. The molecule has 0 bridgehead atoms. The Morgan fingerprint density at radius 3 is 2.40 bits per heavy atom. The third-order valence-corrected chi connectivity index (χ3v) is 2.81. The van der Waals surface area contributed by atoms with Crippen molar-refractivity contribution in [1.29, 1.82) is 0 Å². The van der Waals surface area contributed by atoms with Crippen molar-refractivity contribution in [1.82, 2.24) is 0 Å². The van der Waals surface area contributed by atoms with Crippen LogP contribution in [0.5, 0.6) is 0 Å². The van der Waals surface area contributed by atoms with Crippen molar-refractivity contribution in [3.63, 3.8) is 0 Å². The molecule has 0 heterocycles. The minimum atomic E-state index is -0.268. The second-order valence-electron chi connectivity index (χ2n) is 3.09. The van der Waals surface area contributed by atoms with Gasteiger partial charge < -0.3 is 5.32 Å². The fourth-order valence-electron chi connectivity index (χ4n) is 1.28. The SMILES string of the molecule is Fc1cccc(Nc2ccccc2)c1Br. The van der Waals surface area contributed by atoms with Crippen LogP contribution in [0.25, 0.3) is 0 Å². The fourth-order valence-corrected chi connectivity index (χ4v) is 1.64. The zero-order chi connectivity index (χ0) is 10.7. The predicted octanol–water partition coefficient (Wildman–Crippen LogP) is 4.33. The summed E-state index contributed by atoms with van der Waals surface area (Å²) < 4.78 is 13.6. The van der Waals surface area contributed by atoms with Crippen molar-refractivity contribution in [2.24, 2.45) is 0 Å². The van der Waals surface area contributed by atoms with Crippen LogP contribution in [-0.2, 0) is 0 Å². The lowest BCUT2D eigenvalue weighted by atomic mass is 10.2. The molecule has 2 aromatic carbocycles. The number of benzene rings is 2. The topological polar surface area (TPSA) is 12.0 Å². The molecule has 0 atom stereocenters. The molecule has 0 saturated carbocycles. The molecule has 0 amide bonds. The van der Waals surface area contributed by atoms with E-state index in [0.717, 1.165) is 11.4 Å². The molecule has 0 radical (unpaired) electrons. The van der Waals surface area contributed by atoms with Crippen LogP contribution < -0.4 is 5.32 Å². The van der Waals surface area contributed by atoms with Gasteiger partial charge in [-0.1, -0.05) is 24.3 Å². The van der Waals surface area contributed by atoms with E-state index in [-0.39, 0.29) is 5.82 Å². The van der Waals surface area contributed by atoms with Crippen LogP contribution in [0.1, 0.15) is 0 Å². The van der Waals surface area contributed by atoms with Gasteiger partial charge in [-0.3, -0.25) is 0 Å². The Morgan fingerprint density at radius 1 is 0.933 bits per heavy atom. The molecule has 0 fully saturated rings. The molecular weight excluding hydrogens is 257 g/mol. The first-order valence-electron chi connectivity index (χ1n) is 4.53. The van der Waals surface area contributed by atoms with Gasteiger partial charge in [0.2, 0.25) is 0 Å². The summed E-state index contributed by atoms with van der Waals surface area (Å²) in [5.74, 6) is -0.268. The zero-order valence-corrected chi connectivity index (χ0v) is 9.46. The van der Waals surface area contributed by atoms with Gasteiger partial charge in [-0.25, -0.2) is 4.39 Å². The lowest BCUT2D eigenvalue weighted by Crippen LogP contribution is -1.92. The summed E-state index contributed by atoms with van der Waals surface area (Å²) in [6.07, 6.45) is 0. The molecule has 0 aliphatic rings. The average Bonchev–Trinajstić information content (AvgIpc) is 2.26. The Kier molecular flexibility index (Phi) is 3.02. The second-order valence-corrected chi connectivity index (χ2v) is 3.89. The summed E-state index contributed by atoms with van der Waals surface area (Å²) in [5, 5.41) is 3.13. The minimum absolute atomic E-state index is 0.268. The summed E-state index contributed by atoms with van der Waals surface area (Å²) in [4.78, 5) is 0. The van der Waals surface area contributed by atoms with E-state index in [9.17, 15) is 4.39 Å². The summed E-state index contributed by atoms with van der Waals surface area (Å²) in [5.41, 5.74) is 1.66. The number of halogens is 2. The molecule has 0 saturated heterocycles. The maximum atomic E-state index is 13.2. The van der Waals surface area contributed by atoms with E-state index >= 15 is 0 Å². The van der Waals surface area contributed by atoms with Gasteiger partial charge in [0.05, 0.1) is 10.2 Å². The van der Waals surface area contributed by atoms with Gasteiger partial charge in [0, 0.05) is 5.69 Å². The van der Waals surface area contributed by atoms with E-state index in [4.69, 9.17) is 0 Å². The molecular formula is C12H9BrFN. The first kappa shape index (κ1) is 10.2. The summed E-state index contributed by atoms with van der Waals surface area (Å²) in [7, 11) is 0. The normalized spacial score (nSPS) is 10.0. The highest BCUT2D eigenvalue weighted by Gasteiger charge is 2.04. The Bertz CT molecular complexity index is 456. The smallest absolute Gasteiger partial charge is 0.139 e. The van der Waals surface area contributed by atoms with Crippen LogP contribution in [0.15, 0.2) is 53.0 Å².